The first-order valence-corrected chi connectivity index (χ1v) is 4.27. The Morgan fingerprint density at radius 1 is 1.60 bits per heavy atom. The van der Waals surface area contributed by atoms with E-state index in [1.807, 2.05) is 0 Å². The Kier molecular flexibility index (Phi) is 3.52. The molecule has 0 fully saturated rings. The number of hydrogen-bond donors (Lipinski definition) is 1. The molecule has 0 aliphatic rings. The maximum Gasteiger partial charge on any atom is 0.337 e. The largest absolute Gasteiger partial charge is 0.478 e. The molecule has 0 aromatic carbocycles. The van der Waals surface area contributed by atoms with Gasteiger partial charge in [-0.25, -0.2) is 18.0 Å². The van der Waals surface area contributed by atoms with Crippen LogP contribution in [0.4, 0.5) is 13.2 Å². The van der Waals surface area contributed by atoms with Crippen molar-refractivity contribution in [2.45, 2.75) is 12.3 Å². The van der Waals surface area contributed by atoms with Crippen molar-refractivity contribution in [1.29, 1.82) is 0 Å². The number of pyridine rings is 1. The van der Waals surface area contributed by atoms with Crippen LogP contribution in [0.25, 0.3) is 0 Å². The van der Waals surface area contributed by atoms with Gasteiger partial charge in [-0.2, -0.15) is 0 Å². The summed E-state index contributed by atoms with van der Waals surface area (Å²) in [6.45, 7) is 0. The van der Waals surface area contributed by atoms with Gasteiger partial charge >= 0.3 is 5.97 Å². The molecule has 0 aliphatic heterocycles. The zero-order valence-electron chi connectivity index (χ0n) is 7.18. The Bertz CT molecular complexity index is 398. The number of carbonyl (C=O) groups is 1. The zero-order chi connectivity index (χ0) is 11.6. The molecule has 0 bridgehead atoms. The van der Waals surface area contributed by atoms with Crippen molar-refractivity contribution in [1.82, 2.24) is 4.98 Å². The number of nitrogens with zero attached hydrogens (tertiary/aromatic N) is 1. The van der Waals surface area contributed by atoms with Crippen molar-refractivity contribution in [2.24, 2.45) is 0 Å². The molecular weight excluding hydrogens is 235 g/mol. The number of carboxylic acids is 1. The molecule has 3 nitrogen and oxygen atoms in total. The van der Waals surface area contributed by atoms with Crippen LogP contribution in [0, 0.1) is 5.82 Å². The number of aromatic carboxylic acids is 1. The molecule has 0 amide bonds. The molecule has 0 aliphatic carbocycles. The van der Waals surface area contributed by atoms with Crippen LogP contribution in [0.2, 0.25) is 0 Å². The minimum atomic E-state index is -3.10. The maximum absolute atomic E-state index is 13.3. The lowest BCUT2D eigenvalue weighted by Crippen LogP contribution is -2.08. The summed E-state index contributed by atoms with van der Waals surface area (Å²) in [5.74, 6) is -3.33. The molecule has 15 heavy (non-hydrogen) atoms. The normalized spacial score (nSPS) is 10.7. The van der Waals surface area contributed by atoms with Gasteiger partial charge in [0.05, 0.1) is 11.4 Å². The van der Waals surface area contributed by atoms with Crippen molar-refractivity contribution in [2.75, 3.05) is 0 Å². The second-order valence-electron chi connectivity index (χ2n) is 2.59. The number of halogens is 4. The van der Waals surface area contributed by atoms with Gasteiger partial charge in [0.1, 0.15) is 5.69 Å². The Hall–Kier alpha value is -1.30. The highest BCUT2D eigenvalue weighted by Gasteiger charge is 2.23. The van der Waals surface area contributed by atoms with Gasteiger partial charge in [0.25, 0.3) is 6.43 Å². The van der Waals surface area contributed by atoms with E-state index in [1.165, 1.54) is 0 Å². The summed E-state index contributed by atoms with van der Waals surface area (Å²) in [5, 5.41) is 8.60. The second kappa shape index (κ2) is 4.48. The minimum Gasteiger partial charge on any atom is -0.478 e. The highest BCUT2D eigenvalue weighted by Crippen LogP contribution is 2.25. The van der Waals surface area contributed by atoms with E-state index in [9.17, 15) is 18.0 Å². The Labute approximate surface area is 87.5 Å². The van der Waals surface area contributed by atoms with Crippen molar-refractivity contribution < 1.29 is 23.1 Å². The predicted molar refractivity (Wildman–Crippen MR) is 45.7 cm³/mol. The molecular formula is C8H5ClF3NO2. The Morgan fingerprint density at radius 2 is 2.20 bits per heavy atom. The van der Waals surface area contributed by atoms with Gasteiger partial charge in [-0.3, -0.25) is 4.98 Å². The van der Waals surface area contributed by atoms with Gasteiger partial charge in [0.15, 0.2) is 5.82 Å². The van der Waals surface area contributed by atoms with Crippen LogP contribution in [0.3, 0.4) is 0 Å². The summed E-state index contributed by atoms with van der Waals surface area (Å²) in [6, 6.07) is 0. The van der Waals surface area contributed by atoms with Crippen LogP contribution in [0.5, 0.6) is 0 Å². The lowest BCUT2D eigenvalue weighted by atomic mass is 10.1. The molecule has 1 heterocycles. The van der Waals surface area contributed by atoms with Gasteiger partial charge in [-0.05, 0) is 0 Å². The van der Waals surface area contributed by atoms with Crippen molar-refractivity contribution in [3.63, 3.8) is 0 Å². The second-order valence-corrected chi connectivity index (χ2v) is 2.86. The van der Waals surface area contributed by atoms with Gasteiger partial charge < -0.3 is 5.11 Å². The molecule has 0 atom stereocenters. The topological polar surface area (TPSA) is 50.2 Å². The van der Waals surface area contributed by atoms with E-state index in [2.05, 4.69) is 4.98 Å². The molecule has 1 aromatic rings. The third kappa shape index (κ3) is 2.20. The van der Waals surface area contributed by atoms with E-state index in [0.29, 0.717) is 6.20 Å². The number of aromatic nitrogens is 1. The monoisotopic (exact) mass is 239 g/mol. The van der Waals surface area contributed by atoms with E-state index in [1.54, 1.807) is 0 Å². The number of rotatable bonds is 3. The maximum atomic E-state index is 13.3. The first-order chi connectivity index (χ1) is 6.99. The molecule has 1 aromatic heterocycles. The van der Waals surface area contributed by atoms with E-state index in [0.717, 1.165) is 0 Å². The van der Waals surface area contributed by atoms with Gasteiger partial charge in [0.2, 0.25) is 0 Å². The molecule has 82 valence electrons. The van der Waals surface area contributed by atoms with E-state index < -0.39 is 40.9 Å². The van der Waals surface area contributed by atoms with Crippen LogP contribution in [0.15, 0.2) is 6.20 Å². The summed E-state index contributed by atoms with van der Waals surface area (Å²) in [6.07, 6.45) is -2.43. The first kappa shape index (κ1) is 11.8. The van der Waals surface area contributed by atoms with E-state index in [4.69, 9.17) is 16.7 Å². The van der Waals surface area contributed by atoms with Crippen LogP contribution < -0.4 is 0 Å². The van der Waals surface area contributed by atoms with Crippen LogP contribution in [-0.4, -0.2) is 16.1 Å². The van der Waals surface area contributed by atoms with Gasteiger partial charge in [-0.1, -0.05) is 0 Å². The highest BCUT2D eigenvalue weighted by molar-refractivity contribution is 6.17. The summed E-state index contributed by atoms with van der Waals surface area (Å²) < 4.78 is 37.6. The quantitative estimate of drug-likeness (QED) is 0.825. The van der Waals surface area contributed by atoms with Crippen LogP contribution >= 0.6 is 11.6 Å². The predicted octanol–water partition coefficient (Wildman–Crippen LogP) is 2.60. The fraction of sp³-hybridized carbons (Fsp3) is 0.250. The Balaban J connectivity index is 3.39. The highest BCUT2D eigenvalue weighted by atomic mass is 35.5. The molecule has 7 heteroatoms. The van der Waals surface area contributed by atoms with Crippen LogP contribution in [0.1, 0.15) is 28.0 Å². The number of carboxylic acid groups (broad SMARTS) is 1. The lowest BCUT2D eigenvalue weighted by molar-refractivity contribution is 0.0693. The fourth-order valence-corrected chi connectivity index (χ4v) is 1.27. The molecule has 1 rings (SSSR count). The van der Waals surface area contributed by atoms with Crippen LogP contribution in [-0.2, 0) is 5.88 Å². The standard InChI is InChI=1S/C8H5ClF3NO2/c9-1-3-4(8(14)15)2-13-6(5(3)10)7(11)12/h2,7H,1H2,(H,14,15). The fourth-order valence-electron chi connectivity index (χ4n) is 1.01. The average Bonchev–Trinajstić information content (AvgIpc) is 2.16. The van der Waals surface area contributed by atoms with Crippen molar-refractivity contribution in [3.8, 4) is 0 Å². The third-order valence-electron chi connectivity index (χ3n) is 1.72. The lowest BCUT2D eigenvalue weighted by Gasteiger charge is -2.07. The molecule has 1 N–H and O–H groups in total. The minimum absolute atomic E-state index is 0.477. The summed E-state index contributed by atoms with van der Waals surface area (Å²) in [4.78, 5) is 13.6. The molecule has 0 radical (unpaired) electrons. The van der Waals surface area contributed by atoms with E-state index in [-0.39, 0.29) is 0 Å². The molecule has 0 spiro atoms. The summed E-state index contributed by atoms with van der Waals surface area (Å²) >= 11 is 5.28. The smallest absolute Gasteiger partial charge is 0.337 e. The van der Waals surface area contributed by atoms with Gasteiger partial charge in [-0.15, -0.1) is 11.6 Å². The number of alkyl halides is 3. The number of hydrogen-bond acceptors (Lipinski definition) is 2. The molecule has 0 unspecified atom stereocenters. The summed E-state index contributed by atoms with van der Waals surface area (Å²) in [7, 11) is 0. The zero-order valence-corrected chi connectivity index (χ0v) is 7.93. The molecule has 0 saturated carbocycles. The summed E-state index contributed by atoms with van der Waals surface area (Å²) in [5.41, 5.74) is -2.07. The third-order valence-corrected chi connectivity index (χ3v) is 1.99. The first-order valence-electron chi connectivity index (χ1n) is 3.73. The average molecular weight is 240 g/mol. The SMILES string of the molecule is O=C(O)c1cnc(C(F)F)c(F)c1CCl. The van der Waals surface area contributed by atoms with Crippen molar-refractivity contribution >= 4 is 17.6 Å². The van der Waals surface area contributed by atoms with Gasteiger partial charge in [0, 0.05) is 11.8 Å². The van der Waals surface area contributed by atoms with Crippen molar-refractivity contribution in [3.05, 3.63) is 28.8 Å². The Morgan fingerprint density at radius 3 is 2.60 bits per heavy atom. The van der Waals surface area contributed by atoms with E-state index >= 15 is 0 Å². The molecule has 0 saturated heterocycles.